The van der Waals surface area contributed by atoms with Crippen LogP contribution in [-0.4, -0.2) is 45.1 Å². The number of rotatable bonds is 6. The minimum atomic E-state index is -2.04. The van der Waals surface area contributed by atoms with E-state index in [1.807, 2.05) is 0 Å². The molecule has 3 fully saturated rings. The second-order valence-electron chi connectivity index (χ2n) is 10.9. The molecule has 1 spiro atoms. The van der Waals surface area contributed by atoms with Crippen molar-refractivity contribution in [3.8, 4) is 6.07 Å². The van der Waals surface area contributed by atoms with Crippen LogP contribution in [0, 0.1) is 28.6 Å². The summed E-state index contributed by atoms with van der Waals surface area (Å²) in [4.78, 5) is 0. The maximum atomic E-state index is 9.94. The molecule has 1 aliphatic heterocycles. The highest BCUT2D eigenvalue weighted by Crippen LogP contribution is 2.63. The summed E-state index contributed by atoms with van der Waals surface area (Å²) in [6.45, 7) is 16.5. The van der Waals surface area contributed by atoms with Gasteiger partial charge in [-0.25, -0.2) is 0 Å². The Kier molecular flexibility index (Phi) is 6.40. The van der Waals surface area contributed by atoms with E-state index in [0.717, 1.165) is 44.1 Å². The molecule has 5 nitrogen and oxygen atoms in total. The van der Waals surface area contributed by atoms with Gasteiger partial charge in [0.15, 0.2) is 14.1 Å². The van der Waals surface area contributed by atoms with Crippen LogP contribution in [0.25, 0.3) is 0 Å². The van der Waals surface area contributed by atoms with Crippen LogP contribution in [0.5, 0.6) is 0 Å². The first-order valence-electron chi connectivity index (χ1n) is 11.1. The zero-order chi connectivity index (χ0) is 21.5. The largest absolute Gasteiger partial charge is 0.410 e. The van der Waals surface area contributed by atoms with Crippen LogP contribution in [0.4, 0.5) is 0 Å². The zero-order valence-corrected chi connectivity index (χ0v) is 19.9. The molecule has 0 aromatic heterocycles. The number of nitriles is 1. The van der Waals surface area contributed by atoms with Crippen molar-refractivity contribution in [2.24, 2.45) is 17.3 Å². The van der Waals surface area contributed by atoms with E-state index in [4.69, 9.17) is 13.9 Å². The predicted octanol–water partition coefficient (Wildman–Crippen LogP) is 4.78. The number of aliphatic hydroxyl groups is 1. The van der Waals surface area contributed by atoms with Crippen LogP contribution in [0.1, 0.15) is 59.3 Å². The van der Waals surface area contributed by atoms with E-state index < -0.39 is 14.1 Å². The van der Waals surface area contributed by atoms with Gasteiger partial charge in [0.05, 0.1) is 37.9 Å². The summed E-state index contributed by atoms with van der Waals surface area (Å²) < 4.78 is 19.1. The zero-order valence-electron chi connectivity index (χ0n) is 18.9. The normalized spacial score (nSPS) is 32.7. The van der Waals surface area contributed by atoms with E-state index >= 15 is 0 Å². The third-order valence-corrected chi connectivity index (χ3v) is 12.6. The lowest BCUT2D eigenvalue weighted by atomic mass is 9.60. The van der Waals surface area contributed by atoms with Gasteiger partial charge in [0.2, 0.25) is 0 Å². The van der Waals surface area contributed by atoms with E-state index in [-0.39, 0.29) is 35.0 Å². The Morgan fingerprint density at radius 3 is 2.48 bits per heavy atom. The molecular formula is C23H39NO4Si. The van der Waals surface area contributed by atoms with Gasteiger partial charge < -0.3 is 19.0 Å². The lowest BCUT2D eigenvalue weighted by molar-refractivity contribution is -0.210. The van der Waals surface area contributed by atoms with Crippen LogP contribution >= 0.6 is 0 Å². The Hall–Kier alpha value is -0.713. The molecule has 4 atom stereocenters. The smallest absolute Gasteiger partial charge is 0.192 e. The molecule has 3 unspecified atom stereocenters. The van der Waals surface area contributed by atoms with Gasteiger partial charge >= 0.3 is 0 Å². The summed E-state index contributed by atoms with van der Waals surface area (Å²) >= 11 is 0. The molecule has 2 saturated carbocycles. The summed E-state index contributed by atoms with van der Waals surface area (Å²) in [5, 5.41) is 19.9. The van der Waals surface area contributed by atoms with Gasteiger partial charge in [0.1, 0.15) is 0 Å². The Balaban J connectivity index is 1.93. The quantitative estimate of drug-likeness (QED) is 0.494. The van der Waals surface area contributed by atoms with Crippen LogP contribution < -0.4 is 0 Å². The average molecular weight is 422 g/mol. The second kappa shape index (κ2) is 8.09. The molecule has 1 saturated heterocycles. The van der Waals surface area contributed by atoms with Gasteiger partial charge in [-0.1, -0.05) is 33.8 Å². The third-order valence-electron chi connectivity index (χ3n) is 8.13. The van der Waals surface area contributed by atoms with Gasteiger partial charge in [-0.05, 0) is 54.8 Å². The van der Waals surface area contributed by atoms with Crippen molar-refractivity contribution in [3.63, 3.8) is 0 Å². The van der Waals surface area contributed by atoms with E-state index in [2.05, 4.69) is 46.5 Å². The van der Waals surface area contributed by atoms with Crippen molar-refractivity contribution in [1.29, 1.82) is 5.26 Å². The minimum absolute atomic E-state index is 0.0553. The maximum absolute atomic E-state index is 9.94. The SMILES string of the molecule is C=C(CO)[C@H](CC12CCCC(C#N)C1C1(CC2)OCCO1)O[Si](C)(C)C(C)(C)C. The molecule has 29 heavy (non-hydrogen) atoms. The molecular weight excluding hydrogens is 382 g/mol. The van der Waals surface area contributed by atoms with Crippen molar-refractivity contribution in [2.45, 2.75) is 89.3 Å². The summed E-state index contributed by atoms with van der Waals surface area (Å²) in [6.07, 6.45) is 5.42. The van der Waals surface area contributed by atoms with Gasteiger partial charge in [-0.3, -0.25) is 0 Å². The molecule has 6 heteroatoms. The summed E-state index contributed by atoms with van der Waals surface area (Å²) in [5.41, 5.74) is 0.685. The first kappa shape index (κ1) is 23.0. The van der Waals surface area contributed by atoms with Gasteiger partial charge in [-0.2, -0.15) is 5.26 Å². The molecule has 0 amide bonds. The summed E-state index contributed by atoms with van der Waals surface area (Å²) in [6, 6.07) is 2.58. The Morgan fingerprint density at radius 2 is 1.93 bits per heavy atom. The topological polar surface area (TPSA) is 71.7 Å². The average Bonchev–Trinajstić information content (AvgIpc) is 3.25. The van der Waals surface area contributed by atoms with Crippen molar-refractivity contribution >= 4 is 8.32 Å². The highest BCUT2D eigenvalue weighted by atomic mass is 28.4. The molecule has 1 N–H and O–H groups in total. The van der Waals surface area contributed by atoms with Gasteiger partial charge in [0.25, 0.3) is 0 Å². The number of nitrogens with zero attached hydrogens (tertiary/aromatic N) is 1. The molecule has 0 bridgehead atoms. The fraction of sp³-hybridized carbons (Fsp3) is 0.870. The number of ether oxygens (including phenoxy) is 2. The van der Waals surface area contributed by atoms with Crippen molar-refractivity contribution < 1.29 is 19.0 Å². The predicted molar refractivity (Wildman–Crippen MR) is 116 cm³/mol. The van der Waals surface area contributed by atoms with Crippen LogP contribution in [0.15, 0.2) is 12.2 Å². The number of hydrogen-bond donors (Lipinski definition) is 1. The minimum Gasteiger partial charge on any atom is -0.410 e. The van der Waals surface area contributed by atoms with Crippen LogP contribution in [0.3, 0.4) is 0 Å². The lowest BCUT2D eigenvalue weighted by Crippen LogP contribution is -2.50. The molecule has 0 radical (unpaired) electrons. The molecule has 164 valence electrons. The Morgan fingerprint density at radius 1 is 1.28 bits per heavy atom. The third kappa shape index (κ3) is 4.09. The maximum Gasteiger partial charge on any atom is 0.192 e. The van der Waals surface area contributed by atoms with E-state index in [1.165, 1.54) is 0 Å². The van der Waals surface area contributed by atoms with Gasteiger partial charge in [0, 0.05) is 12.3 Å². The lowest BCUT2D eigenvalue weighted by Gasteiger charge is -2.49. The molecule has 2 aliphatic carbocycles. The first-order valence-corrected chi connectivity index (χ1v) is 14.0. The molecule has 3 rings (SSSR count). The monoisotopic (exact) mass is 421 g/mol. The molecule has 0 aromatic carbocycles. The number of aliphatic hydroxyl groups excluding tert-OH is 1. The van der Waals surface area contributed by atoms with E-state index in [1.54, 1.807) is 0 Å². The number of fused-ring (bicyclic) bond motifs is 2. The fourth-order valence-corrected chi connectivity index (χ4v) is 6.91. The Labute approximate surface area is 177 Å². The highest BCUT2D eigenvalue weighted by Gasteiger charge is 2.64. The molecule has 1 heterocycles. The fourth-order valence-electron chi connectivity index (χ4n) is 5.59. The van der Waals surface area contributed by atoms with Gasteiger partial charge in [-0.15, -0.1) is 0 Å². The second-order valence-corrected chi connectivity index (χ2v) is 15.6. The van der Waals surface area contributed by atoms with E-state index in [9.17, 15) is 10.4 Å². The van der Waals surface area contributed by atoms with Crippen LogP contribution in [0.2, 0.25) is 18.1 Å². The molecule has 0 aromatic rings. The van der Waals surface area contributed by atoms with Crippen molar-refractivity contribution in [2.75, 3.05) is 19.8 Å². The standard InChI is InChI=1S/C23H39NO4Si/c1-17(16-25)19(28-29(5,6)21(2,3)4)14-22-9-7-8-18(15-24)20(22)23(11-10-22)26-12-13-27-23/h18-20,25H,1,7-14,16H2,2-6H3/t18?,19-,20?,22?/m0/s1. The van der Waals surface area contributed by atoms with E-state index in [0.29, 0.717) is 13.2 Å². The van der Waals surface area contributed by atoms with Crippen molar-refractivity contribution in [3.05, 3.63) is 12.2 Å². The summed E-state index contributed by atoms with van der Waals surface area (Å²) in [5.74, 6) is -0.600. The Bertz CT molecular complexity index is 659. The summed E-state index contributed by atoms with van der Waals surface area (Å²) in [7, 11) is -2.04. The first-order chi connectivity index (χ1) is 13.5. The van der Waals surface area contributed by atoms with Crippen LogP contribution in [-0.2, 0) is 13.9 Å². The number of hydrogen-bond acceptors (Lipinski definition) is 5. The van der Waals surface area contributed by atoms with Crippen molar-refractivity contribution in [1.82, 2.24) is 0 Å². The highest BCUT2D eigenvalue weighted by molar-refractivity contribution is 6.74. The molecule has 3 aliphatic rings.